The van der Waals surface area contributed by atoms with Crippen LogP contribution in [-0.4, -0.2) is 22.2 Å². The normalized spacial score (nSPS) is 12.2. The summed E-state index contributed by atoms with van der Waals surface area (Å²) in [5, 5.41) is 12.2. The zero-order valence-corrected chi connectivity index (χ0v) is 9.31. The zero-order chi connectivity index (χ0) is 12.3. The van der Waals surface area contributed by atoms with Crippen molar-refractivity contribution in [1.82, 2.24) is 10.3 Å². The van der Waals surface area contributed by atoms with Crippen molar-refractivity contribution in [2.45, 2.75) is 12.5 Å². The van der Waals surface area contributed by atoms with Gasteiger partial charge in [0.25, 0.3) is 0 Å². The van der Waals surface area contributed by atoms with Crippen LogP contribution < -0.4 is 5.32 Å². The number of hydrogen-bond acceptors (Lipinski definition) is 1. The molecule has 1 atom stereocenters. The summed E-state index contributed by atoms with van der Waals surface area (Å²) in [6, 6.07) is 7.66. The summed E-state index contributed by atoms with van der Waals surface area (Å²) in [4.78, 5) is 13.8. The third-order valence-corrected chi connectivity index (χ3v) is 2.71. The standard InChI is InChI=1S/C13H14N2O2/c1-2-10(15-13(16)17)7-9-8-14-12-6-4-3-5-11(9)12/h2-6,8,10,14-15H,1,7H2,(H,16,17). The first-order valence-electron chi connectivity index (χ1n) is 5.37. The average Bonchev–Trinajstić information content (AvgIpc) is 2.71. The predicted octanol–water partition coefficient (Wildman–Crippen LogP) is 2.53. The minimum absolute atomic E-state index is 0.272. The van der Waals surface area contributed by atoms with Crippen molar-refractivity contribution in [2.24, 2.45) is 0 Å². The van der Waals surface area contributed by atoms with E-state index in [4.69, 9.17) is 5.11 Å². The maximum Gasteiger partial charge on any atom is 0.405 e. The number of hydrogen-bond donors (Lipinski definition) is 3. The predicted molar refractivity (Wildman–Crippen MR) is 67.1 cm³/mol. The van der Waals surface area contributed by atoms with Gasteiger partial charge in [-0.2, -0.15) is 0 Å². The van der Waals surface area contributed by atoms with Crippen LogP contribution in [0.1, 0.15) is 5.56 Å². The SMILES string of the molecule is C=CC(Cc1c[nH]c2ccccc12)NC(=O)O. The van der Waals surface area contributed by atoms with Crippen molar-refractivity contribution >= 4 is 17.0 Å². The van der Waals surface area contributed by atoms with Crippen LogP contribution >= 0.6 is 0 Å². The summed E-state index contributed by atoms with van der Waals surface area (Å²) in [5.74, 6) is 0. The molecule has 1 aromatic heterocycles. The summed E-state index contributed by atoms with van der Waals surface area (Å²) >= 11 is 0. The number of nitrogens with one attached hydrogen (secondary N) is 2. The van der Waals surface area contributed by atoms with Gasteiger partial charge < -0.3 is 15.4 Å². The van der Waals surface area contributed by atoms with Crippen molar-refractivity contribution in [1.29, 1.82) is 0 Å². The molecule has 4 heteroatoms. The number of rotatable bonds is 4. The summed E-state index contributed by atoms with van der Waals surface area (Å²) < 4.78 is 0. The van der Waals surface area contributed by atoms with Gasteiger partial charge in [0.15, 0.2) is 0 Å². The van der Waals surface area contributed by atoms with Gasteiger partial charge in [0, 0.05) is 17.1 Å². The first kappa shape index (κ1) is 11.3. The lowest BCUT2D eigenvalue weighted by Gasteiger charge is -2.11. The number of carbonyl (C=O) groups is 1. The van der Waals surface area contributed by atoms with Gasteiger partial charge in [-0.05, 0) is 18.1 Å². The Kier molecular flexibility index (Phi) is 3.14. The molecule has 1 heterocycles. The highest BCUT2D eigenvalue weighted by Crippen LogP contribution is 2.19. The van der Waals surface area contributed by atoms with Crippen LogP contribution in [0, 0.1) is 0 Å². The van der Waals surface area contributed by atoms with E-state index in [1.54, 1.807) is 6.08 Å². The van der Waals surface area contributed by atoms with Gasteiger partial charge in [-0.15, -0.1) is 6.58 Å². The second-order valence-electron chi connectivity index (χ2n) is 3.86. The second kappa shape index (κ2) is 4.74. The fraction of sp³-hybridized carbons (Fsp3) is 0.154. The molecule has 0 saturated heterocycles. The van der Waals surface area contributed by atoms with Crippen molar-refractivity contribution in [2.75, 3.05) is 0 Å². The number of carboxylic acid groups (broad SMARTS) is 1. The maximum absolute atomic E-state index is 10.6. The van der Waals surface area contributed by atoms with Gasteiger partial charge >= 0.3 is 6.09 Å². The van der Waals surface area contributed by atoms with Crippen molar-refractivity contribution < 1.29 is 9.90 Å². The lowest BCUT2D eigenvalue weighted by atomic mass is 10.1. The minimum Gasteiger partial charge on any atom is -0.465 e. The molecule has 17 heavy (non-hydrogen) atoms. The number of aromatic nitrogens is 1. The van der Waals surface area contributed by atoms with Crippen LogP contribution in [0.3, 0.4) is 0 Å². The first-order valence-corrected chi connectivity index (χ1v) is 5.37. The van der Waals surface area contributed by atoms with Crippen molar-refractivity contribution in [3.63, 3.8) is 0 Å². The first-order chi connectivity index (χ1) is 8.20. The number of benzene rings is 1. The molecule has 0 fully saturated rings. The topological polar surface area (TPSA) is 65.1 Å². The molecule has 0 bridgehead atoms. The Morgan fingerprint density at radius 1 is 1.53 bits per heavy atom. The molecule has 4 nitrogen and oxygen atoms in total. The van der Waals surface area contributed by atoms with E-state index in [1.165, 1.54) is 0 Å². The monoisotopic (exact) mass is 230 g/mol. The Morgan fingerprint density at radius 3 is 3.00 bits per heavy atom. The Labute approximate surface area is 99.0 Å². The molecular formula is C13H14N2O2. The second-order valence-corrected chi connectivity index (χ2v) is 3.86. The van der Waals surface area contributed by atoms with E-state index in [-0.39, 0.29) is 6.04 Å². The molecule has 0 aliphatic carbocycles. The van der Waals surface area contributed by atoms with E-state index in [0.717, 1.165) is 16.5 Å². The summed E-state index contributed by atoms with van der Waals surface area (Å²) in [5.41, 5.74) is 2.14. The molecule has 1 amide bonds. The third-order valence-electron chi connectivity index (χ3n) is 2.71. The molecule has 0 spiro atoms. The van der Waals surface area contributed by atoms with Gasteiger partial charge in [-0.1, -0.05) is 24.3 Å². The van der Waals surface area contributed by atoms with E-state index < -0.39 is 6.09 Å². The molecule has 0 aliphatic rings. The molecule has 3 N–H and O–H groups in total. The summed E-state index contributed by atoms with van der Waals surface area (Å²) in [6.45, 7) is 3.64. The van der Waals surface area contributed by atoms with Gasteiger partial charge in [-0.3, -0.25) is 0 Å². The van der Waals surface area contributed by atoms with Crippen molar-refractivity contribution in [3.05, 3.63) is 48.7 Å². The Balaban J connectivity index is 2.22. The Bertz CT molecular complexity index is 545. The van der Waals surface area contributed by atoms with E-state index in [0.29, 0.717) is 6.42 Å². The van der Waals surface area contributed by atoms with Gasteiger partial charge in [0.2, 0.25) is 0 Å². The third kappa shape index (κ3) is 2.47. The van der Waals surface area contributed by atoms with Gasteiger partial charge in [0.05, 0.1) is 6.04 Å². The average molecular weight is 230 g/mol. The van der Waals surface area contributed by atoms with Crippen LogP contribution in [0.25, 0.3) is 10.9 Å². The Morgan fingerprint density at radius 2 is 2.29 bits per heavy atom. The highest BCUT2D eigenvalue weighted by atomic mass is 16.4. The fourth-order valence-corrected chi connectivity index (χ4v) is 1.89. The minimum atomic E-state index is -1.03. The highest BCUT2D eigenvalue weighted by Gasteiger charge is 2.11. The van der Waals surface area contributed by atoms with E-state index >= 15 is 0 Å². The highest BCUT2D eigenvalue weighted by molar-refractivity contribution is 5.83. The lowest BCUT2D eigenvalue weighted by molar-refractivity contribution is 0.192. The quantitative estimate of drug-likeness (QED) is 0.706. The molecular weight excluding hydrogens is 216 g/mol. The molecule has 0 aliphatic heterocycles. The fourth-order valence-electron chi connectivity index (χ4n) is 1.89. The zero-order valence-electron chi connectivity index (χ0n) is 9.31. The number of para-hydroxylation sites is 1. The number of aromatic amines is 1. The van der Waals surface area contributed by atoms with Crippen LogP contribution in [-0.2, 0) is 6.42 Å². The number of fused-ring (bicyclic) bond motifs is 1. The van der Waals surface area contributed by atoms with Gasteiger partial charge in [-0.25, -0.2) is 4.79 Å². The molecule has 0 saturated carbocycles. The molecule has 0 radical (unpaired) electrons. The van der Waals surface area contributed by atoms with Crippen LogP contribution in [0.15, 0.2) is 43.1 Å². The molecule has 2 rings (SSSR count). The molecule has 1 unspecified atom stereocenters. The van der Waals surface area contributed by atoms with Gasteiger partial charge in [0.1, 0.15) is 0 Å². The largest absolute Gasteiger partial charge is 0.465 e. The van der Waals surface area contributed by atoms with E-state index in [9.17, 15) is 4.79 Å². The maximum atomic E-state index is 10.6. The van der Waals surface area contributed by atoms with E-state index in [2.05, 4.69) is 16.9 Å². The van der Waals surface area contributed by atoms with Crippen LogP contribution in [0.5, 0.6) is 0 Å². The van der Waals surface area contributed by atoms with Crippen LogP contribution in [0.2, 0.25) is 0 Å². The summed E-state index contributed by atoms with van der Waals surface area (Å²) in [6.07, 6.45) is 3.08. The van der Waals surface area contributed by atoms with Crippen molar-refractivity contribution in [3.8, 4) is 0 Å². The Hall–Kier alpha value is -2.23. The number of H-pyrrole nitrogens is 1. The molecule has 1 aromatic carbocycles. The number of amides is 1. The van der Waals surface area contributed by atoms with E-state index in [1.807, 2.05) is 30.5 Å². The summed E-state index contributed by atoms with van der Waals surface area (Å²) in [7, 11) is 0. The van der Waals surface area contributed by atoms with Crippen LogP contribution in [0.4, 0.5) is 4.79 Å². The molecule has 88 valence electrons. The lowest BCUT2D eigenvalue weighted by Crippen LogP contribution is -2.33. The molecule has 2 aromatic rings. The smallest absolute Gasteiger partial charge is 0.405 e.